The average Bonchev–Trinajstić information content (AvgIpc) is 2.45. The number of carbonyl (C=O) groups is 1. The third-order valence-electron chi connectivity index (χ3n) is 3.42. The molecule has 0 spiro atoms. The lowest BCUT2D eigenvalue weighted by Crippen LogP contribution is -2.48. The van der Waals surface area contributed by atoms with E-state index >= 15 is 0 Å². The summed E-state index contributed by atoms with van der Waals surface area (Å²) in [6.45, 7) is 3.15. The molecule has 1 aromatic carbocycles. The van der Waals surface area contributed by atoms with Crippen molar-refractivity contribution in [2.75, 3.05) is 39.8 Å². The monoisotopic (exact) mass is 327 g/mol. The lowest BCUT2D eigenvalue weighted by Gasteiger charge is -2.32. The summed E-state index contributed by atoms with van der Waals surface area (Å²) in [5, 5.41) is 0.511. The van der Waals surface area contributed by atoms with Crippen molar-refractivity contribution in [2.24, 2.45) is 5.73 Å². The SMILES string of the molecule is CN1CCN(C(=O)COc2cc(Cl)ccc2C(N)=S)CC1. The molecule has 1 aliphatic rings. The predicted molar refractivity (Wildman–Crippen MR) is 86.9 cm³/mol. The molecule has 114 valence electrons. The van der Waals surface area contributed by atoms with Crippen LogP contribution < -0.4 is 10.5 Å². The maximum Gasteiger partial charge on any atom is 0.260 e. The van der Waals surface area contributed by atoms with Crippen LogP contribution in [-0.4, -0.2) is 60.5 Å². The standard InChI is InChI=1S/C14H18ClN3O2S/c1-17-4-6-18(7-5-17)13(19)9-20-12-8-10(15)2-3-11(12)14(16)21/h2-3,8H,4-7,9H2,1H3,(H2,16,21). The fourth-order valence-corrected chi connectivity index (χ4v) is 2.44. The van der Waals surface area contributed by atoms with Gasteiger partial charge in [-0.15, -0.1) is 0 Å². The number of piperazine rings is 1. The minimum Gasteiger partial charge on any atom is -0.483 e. The van der Waals surface area contributed by atoms with E-state index in [1.54, 1.807) is 23.1 Å². The van der Waals surface area contributed by atoms with Crippen LogP contribution in [0.4, 0.5) is 0 Å². The minimum absolute atomic E-state index is 0.0420. The van der Waals surface area contributed by atoms with E-state index in [4.69, 9.17) is 34.3 Å². The Balaban J connectivity index is 1.98. The number of likely N-dealkylation sites (N-methyl/N-ethyl adjacent to an activating group) is 1. The van der Waals surface area contributed by atoms with Gasteiger partial charge in [-0.25, -0.2) is 0 Å². The van der Waals surface area contributed by atoms with Gasteiger partial charge in [0.05, 0.1) is 5.56 Å². The number of rotatable bonds is 4. The molecule has 0 atom stereocenters. The van der Waals surface area contributed by atoms with Gasteiger partial charge in [0.15, 0.2) is 6.61 Å². The van der Waals surface area contributed by atoms with E-state index in [1.807, 2.05) is 7.05 Å². The summed E-state index contributed by atoms with van der Waals surface area (Å²) >= 11 is 10.9. The number of hydrogen-bond acceptors (Lipinski definition) is 4. The van der Waals surface area contributed by atoms with Crippen molar-refractivity contribution in [1.29, 1.82) is 0 Å². The molecular formula is C14H18ClN3O2S. The molecule has 1 aromatic rings. The third kappa shape index (κ3) is 4.30. The highest BCUT2D eigenvalue weighted by atomic mass is 35.5. The second-order valence-electron chi connectivity index (χ2n) is 4.98. The van der Waals surface area contributed by atoms with E-state index in [1.165, 1.54) is 0 Å². The number of nitrogens with zero attached hydrogens (tertiary/aromatic N) is 2. The molecular weight excluding hydrogens is 310 g/mol. The first-order valence-electron chi connectivity index (χ1n) is 6.66. The van der Waals surface area contributed by atoms with Crippen LogP contribution in [0.15, 0.2) is 18.2 Å². The zero-order valence-corrected chi connectivity index (χ0v) is 13.4. The number of ether oxygens (including phenoxy) is 1. The molecule has 0 bridgehead atoms. The molecule has 2 rings (SSSR count). The summed E-state index contributed by atoms with van der Waals surface area (Å²) in [7, 11) is 2.04. The number of benzene rings is 1. The van der Waals surface area contributed by atoms with Crippen molar-refractivity contribution in [2.45, 2.75) is 0 Å². The first kappa shape index (κ1) is 16.0. The molecule has 2 N–H and O–H groups in total. The van der Waals surface area contributed by atoms with Crippen molar-refractivity contribution in [3.8, 4) is 5.75 Å². The highest BCUT2D eigenvalue weighted by molar-refractivity contribution is 7.80. The van der Waals surface area contributed by atoms with Crippen LogP contribution in [0.25, 0.3) is 0 Å². The van der Waals surface area contributed by atoms with E-state index in [0.717, 1.165) is 26.2 Å². The Bertz CT molecular complexity index is 545. The number of amides is 1. The zero-order chi connectivity index (χ0) is 15.4. The van der Waals surface area contributed by atoms with Crippen LogP contribution in [0, 0.1) is 0 Å². The number of hydrogen-bond donors (Lipinski definition) is 1. The first-order chi connectivity index (χ1) is 9.97. The molecule has 1 saturated heterocycles. The highest BCUT2D eigenvalue weighted by Crippen LogP contribution is 2.23. The van der Waals surface area contributed by atoms with Crippen molar-refractivity contribution >= 4 is 34.7 Å². The fourth-order valence-electron chi connectivity index (χ4n) is 2.11. The number of halogens is 1. The van der Waals surface area contributed by atoms with Gasteiger partial charge in [-0.1, -0.05) is 23.8 Å². The number of nitrogens with two attached hydrogens (primary N) is 1. The highest BCUT2D eigenvalue weighted by Gasteiger charge is 2.19. The largest absolute Gasteiger partial charge is 0.483 e. The summed E-state index contributed by atoms with van der Waals surface area (Å²) in [5.74, 6) is 0.398. The summed E-state index contributed by atoms with van der Waals surface area (Å²) < 4.78 is 5.56. The van der Waals surface area contributed by atoms with Crippen molar-refractivity contribution in [1.82, 2.24) is 9.80 Å². The van der Waals surface area contributed by atoms with E-state index in [2.05, 4.69) is 4.90 Å². The summed E-state index contributed by atoms with van der Waals surface area (Å²) in [6, 6.07) is 5.00. The molecule has 5 nitrogen and oxygen atoms in total. The molecule has 1 heterocycles. The summed E-state index contributed by atoms with van der Waals surface area (Å²) in [5.41, 5.74) is 6.22. The van der Waals surface area contributed by atoms with Gasteiger partial charge in [-0.2, -0.15) is 0 Å². The minimum atomic E-state index is -0.0445. The lowest BCUT2D eigenvalue weighted by molar-refractivity contribution is -0.134. The Kier molecular flexibility index (Phi) is 5.39. The van der Waals surface area contributed by atoms with Crippen LogP contribution in [0.5, 0.6) is 5.75 Å². The first-order valence-corrected chi connectivity index (χ1v) is 7.44. The van der Waals surface area contributed by atoms with Gasteiger partial charge in [0.2, 0.25) is 0 Å². The molecule has 0 saturated carbocycles. The molecule has 1 aliphatic heterocycles. The molecule has 0 aliphatic carbocycles. The zero-order valence-electron chi connectivity index (χ0n) is 11.8. The van der Waals surface area contributed by atoms with E-state index in [9.17, 15) is 4.79 Å². The number of thiocarbonyl (C=S) groups is 1. The van der Waals surface area contributed by atoms with Crippen LogP contribution >= 0.6 is 23.8 Å². The van der Waals surface area contributed by atoms with E-state index in [-0.39, 0.29) is 17.5 Å². The van der Waals surface area contributed by atoms with Crippen molar-refractivity contribution < 1.29 is 9.53 Å². The Morgan fingerprint density at radius 2 is 2.05 bits per heavy atom. The third-order valence-corrected chi connectivity index (χ3v) is 3.87. The summed E-state index contributed by atoms with van der Waals surface area (Å²) in [4.78, 5) is 16.3. The predicted octanol–water partition coefficient (Wildman–Crippen LogP) is 1.13. The Morgan fingerprint density at radius 1 is 1.38 bits per heavy atom. The van der Waals surface area contributed by atoms with Gasteiger partial charge in [-0.05, 0) is 25.2 Å². The van der Waals surface area contributed by atoms with Gasteiger partial charge in [0.25, 0.3) is 5.91 Å². The van der Waals surface area contributed by atoms with Gasteiger partial charge in [0.1, 0.15) is 10.7 Å². The summed E-state index contributed by atoms with van der Waals surface area (Å²) in [6.07, 6.45) is 0. The van der Waals surface area contributed by atoms with E-state index < -0.39 is 0 Å². The molecule has 0 aromatic heterocycles. The normalized spacial score (nSPS) is 15.8. The van der Waals surface area contributed by atoms with Gasteiger partial charge in [0, 0.05) is 31.2 Å². The Labute approximate surface area is 134 Å². The Hall–Kier alpha value is -1.37. The van der Waals surface area contributed by atoms with Crippen molar-refractivity contribution in [3.05, 3.63) is 28.8 Å². The Morgan fingerprint density at radius 3 is 2.67 bits per heavy atom. The second kappa shape index (κ2) is 7.06. The quantitative estimate of drug-likeness (QED) is 0.840. The van der Waals surface area contributed by atoms with Crippen LogP contribution in [-0.2, 0) is 4.79 Å². The molecule has 1 fully saturated rings. The van der Waals surface area contributed by atoms with E-state index in [0.29, 0.717) is 16.3 Å². The fraction of sp³-hybridized carbons (Fsp3) is 0.429. The van der Waals surface area contributed by atoms with Crippen molar-refractivity contribution in [3.63, 3.8) is 0 Å². The van der Waals surface area contributed by atoms with Gasteiger partial charge in [-0.3, -0.25) is 4.79 Å². The smallest absolute Gasteiger partial charge is 0.260 e. The molecule has 0 radical (unpaired) electrons. The van der Waals surface area contributed by atoms with Crippen LogP contribution in [0.3, 0.4) is 0 Å². The molecule has 7 heteroatoms. The van der Waals surface area contributed by atoms with Gasteiger partial charge < -0.3 is 20.3 Å². The maximum absolute atomic E-state index is 12.1. The van der Waals surface area contributed by atoms with Gasteiger partial charge >= 0.3 is 0 Å². The van der Waals surface area contributed by atoms with Crippen LogP contribution in [0.2, 0.25) is 5.02 Å². The average molecular weight is 328 g/mol. The second-order valence-corrected chi connectivity index (χ2v) is 5.85. The number of carbonyl (C=O) groups excluding carboxylic acids is 1. The topological polar surface area (TPSA) is 58.8 Å². The molecule has 21 heavy (non-hydrogen) atoms. The molecule has 1 amide bonds. The maximum atomic E-state index is 12.1. The lowest BCUT2D eigenvalue weighted by atomic mass is 10.2. The van der Waals surface area contributed by atoms with Crippen LogP contribution in [0.1, 0.15) is 5.56 Å². The molecule has 0 unspecified atom stereocenters.